The van der Waals surface area contributed by atoms with Crippen LogP contribution in [0.5, 0.6) is 0 Å². The molecule has 1 fully saturated rings. The predicted molar refractivity (Wildman–Crippen MR) is 104 cm³/mol. The number of aromatic nitrogens is 3. The Kier molecular flexibility index (Phi) is 4.74. The SMILES string of the molecule is Cc1ccc(C(=O)Nc2ccc(-c3n[nH]c(=O)o3)cc2N2CCOC(C)C2)[nH]1. The number of amides is 1. The Hall–Kier alpha value is -3.33. The molecule has 0 saturated carbocycles. The second-order valence-electron chi connectivity index (χ2n) is 6.79. The van der Waals surface area contributed by atoms with E-state index in [1.54, 1.807) is 18.2 Å². The summed E-state index contributed by atoms with van der Waals surface area (Å²) in [7, 11) is 0. The Morgan fingerprint density at radius 2 is 2.18 bits per heavy atom. The number of H-pyrrole nitrogens is 2. The zero-order valence-electron chi connectivity index (χ0n) is 15.6. The van der Waals surface area contributed by atoms with Crippen molar-refractivity contribution in [3.63, 3.8) is 0 Å². The minimum absolute atomic E-state index is 0.0651. The lowest BCUT2D eigenvalue weighted by molar-refractivity contribution is 0.0533. The van der Waals surface area contributed by atoms with E-state index in [-0.39, 0.29) is 17.9 Å². The number of aryl methyl sites for hydroxylation is 1. The molecule has 9 heteroatoms. The molecule has 0 aliphatic carbocycles. The van der Waals surface area contributed by atoms with Crippen molar-refractivity contribution in [3.05, 3.63) is 52.3 Å². The van der Waals surface area contributed by atoms with E-state index in [9.17, 15) is 9.59 Å². The molecule has 1 amide bonds. The number of ether oxygens (including phenoxy) is 1. The van der Waals surface area contributed by atoms with E-state index in [1.807, 2.05) is 26.0 Å². The summed E-state index contributed by atoms with van der Waals surface area (Å²) in [5.41, 5.74) is 3.52. The smallest absolute Gasteiger partial charge is 0.388 e. The van der Waals surface area contributed by atoms with Gasteiger partial charge in [-0.15, -0.1) is 5.10 Å². The second kappa shape index (κ2) is 7.35. The first-order valence-corrected chi connectivity index (χ1v) is 9.03. The van der Waals surface area contributed by atoms with Gasteiger partial charge in [-0.3, -0.25) is 4.79 Å². The maximum Gasteiger partial charge on any atom is 0.434 e. The fourth-order valence-corrected chi connectivity index (χ4v) is 3.25. The Morgan fingerprint density at radius 3 is 2.86 bits per heavy atom. The van der Waals surface area contributed by atoms with Gasteiger partial charge in [0.2, 0.25) is 5.89 Å². The van der Waals surface area contributed by atoms with E-state index in [2.05, 4.69) is 25.4 Å². The normalized spacial score (nSPS) is 16.9. The van der Waals surface area contributed by atoms with Crippen molar-refractivity contribution in [2.75, 3.05) is 29.9 Å². The largest absolute Gasteiger partial charge is 0.434 e. The van der Waals surface area contributed by atoms with Gasteiger partial charge >= 0.3 is 5.76 Å². The Morgan fingerprint density at radius 1 is 1.32 bits per heavy atom. The molecule has 0 bridgehead atoms. The minimum atomic E-state index is -0.615. The molecule has 28 heavy (non-hydrogen) atoms. The predicted octanol–water partition coefficient (Wildman–Crippen LogP) is 2.14. The van der Waals surface area contributed by atoms with E-state index in [1.165, 1.54) is 0 Å². The van der Waals surface area contributed by atoms with Crippen molar-refractivity contribution in [1.82, 2.24) is 15.2 Å². The molecule has 1 atom stereocenters. The van der Waals surface area contributed by atoms with Crippen LogP contribution in [0.2, 0.25) is 0 Å². The van der Waals surface area contributed by atoms with Crippen LogP contribution >= 0.6 is 0 Å². The molecule has 2 aromatic heterocycles. The monoisotopic (exact) mass is 383 g/mol. The second-order valence-corrected chi connectivity index (χ2v) is 6.79. The van der Waals surface area contributed by atoms with E-state index < -0.39 is 5.76 Å². The van der Waals surface area contributed by atoms with Crippen LogP contribution in [0.1, 0.15) is 23.1 Å². The molecule has 0 radical (unpaired) electrons. The number of rotatable bonds is 4. The Labute approximate surface area is 160 Å². The first kappa shape index (κ1) is 18.1. The molecule has 3 aromatic rings. The molecule has 3 N–H and O–H groups in total. The van der Waals surface area contributed by atoms with Crippen molar-refractivity contribution < 1.29 is 13.9 Å². The minimum Gasteiger partial charge on any atom is -0.388 e. The molecular formula is C19H21N5O4. The van der Waals surface area contributed by atoms with Gasteiger partial charge in [0.15, 0.2) is 0 Å². The molecule has 1 aromatic carbocycles. The highest BCUT2D eigenvalue weighted by Gasteiger charge is 2.22. The molecule has 1 aliphatic rings. The number of aromatic amines is 2. The molecular weight excluding hydrogens is 362 g/mol. The molecule has 1 saturated heterocycles. The molecule has 3 heterocycles. The molecule has 4 rings (SSSR count). The third-order valence-corrected chi connectivity index (χ3v) is 4.59. The van der Waals surface area contributed by atoms with Crippen LogP contribution in [-0.4, -0.2) is 46.9 Å². The Balaban J connectivity index is 1.69. The number of nitrogens with zero attached hydrogens (tertiary/aromatic N) is 2. The molecule has 0 spiro atoms. The maximum absolute atomic E-state index is 12.6. The van der Waals surface area contributed by atoms with E-state index in [0.717, 1.165) is 11.4 Å². The highest BCUT2D eigenvalue weighted by molar-refractivity contribution is 6.05. The van der Waals surface area contributed by atoms with Crippen LogP contribution in [0.4, 0.5) is 11.4 Å². The number of anilines is 2. The standard InChI is InChI=1S/C19H21N5O4/c1-11-3-5-15(20-11)17(25)21-14-6-4-13(18-22-23-19(26)28-18)9-16(14)24-7-8-27-12(2)10-24/h3-6,9,12,20H,7-8,10H2,1-2H3,(H,21,25)(H,23,26). The molecule has 1 unspecified atom stereocenters. The number of nitrogens with one attached hydrogen (secondary N) is 3. The lowest BCUT2D eigenvalue weighted by atomic mass is 10.1. The van der Waals surface area contributed by atoms with Crippen molar-refractivity contribution in [2.24, 2.45) is 0 Å². The van der Waals surface area contributed by atoms with Crippen LogP contribution < -0.4 is 16.0 Å². The van der Waals surface area contributed by atoms with Gasteiger partial charge < -0.3 is 24.4 Å². The zero-order chi connectivity index (χ0) is 19.7. The highest BCUT2D eigenvalue weighted by Crippen LogP contribution is 2.32. The number of hydrogen-bond acceptors (Lipinski definition) is 6. The van der Waals surface area contributed by atoms with Gasteiger partial charge in [-0.1, -0.05) is 0 Å². The summed E-state index contributed by atoms with van der Waals surface area (Å²) < 4.78 is 10.7. The average Bonchev–Trinajstić information content (AvgIpc) is 3.30. The number of carbonyl (C=O) groups is 1. The van der Waals surface area contributed by atoms with Gasteiger partial charge in [-0.05, 0) is 44.2 Å². The number of carbonyl (C=O) groups excluding carboxylic acids is 1. The first-order valence-electron chi connectivity index (χ1n) is 9.03. The van der Waals surface area contributed by atoms with Crippen LogP contribution in [0.3, 0.4) is 0 Å². The van der Waals surface area contributed by atoms with Crippen LogP contribution in [0, 0.1) is 6.92 Å². The summed E-state index contributed by atoms with van der Waals surface area (Å²) in [4.78, 5) is 29.1. The fourth-order valence-electron chi connectivity index (χ4n) is 3.25. The summed E-state index contributed by atoms with van der Waals surface area (Å²) in [6.07, 6.45) is 0.0651. The van der Waals surface area contributed by atoms with Crippen molar-refractivity contribution in [1.29, 1.82) is 0 Å². The van der Waals surface area contributed by atoms with Gasteiger partial charge in [-0.25, -0.2) is 9.89 Å². The van der Waals surface area contributed by atoms with E-state index >= 15 is 0 Å². The van der Waals surface area contributed by atoms with Gasteiger partial charge in [0.25, 0.3) is 5.91 Å². The van der Waals surface area contributed by atoms with Crippen LogP contribution in [0.15, 0.2) is 39.5 Å². The maximum atomic E-state index is 12.6. The summed E-state index contributed by atoms with van der Waals surface area (Å²) >= 11 is 0. The van der Waals surface area contributed by atoms with Crippen LogP contribution in [0.25, 0.3) is 11.5 Å². The van der Waals surface area contributed by atoms with Crippen molar-refractivity contribution in [3.8, 4) is 11.5 Å². The third kappa shape index (κ3) is 3.70. The topological polar surface area (TPSA) is 116 Å². The fraction of sp³-hybridized carbons (Fsp3) is 0.316. The summed E-state index contributed by atoms with van der Waals surface area (Å²) in [6, 6.07) is 8.98. The lowest BCUT2D eigenvalue weighted by Crippen LogP contribution is -2.41. The third-order valence-electron chi connectivity index (χ3n) is 4.59. The molecule has 146 valence electrons. The van der Waals surface area contributed by atoms with Gasteiger partial charge in [-0.2, -0.15) is 0 Å². The van der Waals surface area contributed by atoms with Crippen molar-refractivity contribution >= 4 is 17.3 Å². The van der Waals surface area contributed by atoms with Crippen molar-refractivity contribution in [2.45, 2.75) is 20.0 Å². The molecule has 1 aliphatic heterocycles. The van der Waals surface area contributed by atoms with Gasteiger partial charge in [0.05, 0.1) is 24.1 Å². The highest BCUT2D eigenvalue weighted by atomic mass is 16.5. The van der Waals surface area contributed by atoms with Crippen LogP contribution in [-0.2, 0) is 4.74 Å². The van der Waals surface area contributed by atoms with Gasteiger partial charge in [0.1, 0.15) is 5.69 Å². The number of benzene rings is 1. The number of hydrogen-bond donors (Lipinski definition) is 3. The average molecular weight is 383 g/mol. The quantitative estimate of drug-likeness (QED) is 0.636. The van der Waals surface area contributed by atoms with Gasteiger partial charge in [0, 0.05) is 24.3 Å². The summed E-state index contributed by atoms with van der Waals surface area (Å²) in [6.45, 7) is 5.85. The number of morpholine rings is 1. The first-order chi connectivity index (χ1) is 13.5. The Bertz CT molecular complexity index is 1050. The molecule has 9 nitrogen and oxygen atoms in total. The summed E-state index contributed by atoms with van der Waals surface area (Å²) in [5.74, 6) is -0.642. The lowest BCUT2D eigenvalue weighted by Gasteiger charge is -2.34. The summed E-state index contributed by atoms with van der Waals surface area (Å²) in [5, 5.41) is 9.12. The van der Waals surface area contributed by atoms with E-state index in [0.29, 0.717) is 36.6 Å². The van der Waals surface area contributed by atoms with E-state index in [4.69, 9.17) is 9.15 Å². The zero-order valence-corrected chi connectivity index (χ0v) is 15.6.